The van der Waals surface area contributed by atoms with Gasteiger partial charge in [-0.05, 0) is 53.6 Å². The van der Waals surface area contributed by atoms with E-state index in [1.807, 2.05) is 4.90 Å². The van der Waals surface area contributed by atoms with Crippen LogP contribution in [0.5, 0.6) is 0 Å². The van der Waals surface area contributed by atoms with Crippen molar-refractivity contribution in [3.05, 3.63) is 0 Å². The number of hydrogen-bond acceptors (Lipinski definition) is 3. The zero-order valence-corrected chi connectivity index (χ0v) is 18.3. The van der Waals surface area contributed by atoms with Crippen LogP contribution in [-0.4, -0.2) is 85.0 Å². The first-order valence-corrected chi connectivity index (χ1v) is 8.71. The average Bonchev–Trinajstić information content (AvgIpc) is 2.82. The molecule has 0 radical (unpaired) electrons. The van der Waals surface area contributed by atoms with E-state index in [0.717, 1.165) is 25.6 Å². The van der Waals surface area contributed by atoms with E-state index in [1.165, 1.54) is 13.0 Å². The predicted octanol–water partition coefficient (Wildman–Crippen LogP) is 1.46. The van der Waals surface area contributed by atoms with Gasteiger partial charge in [-0.2, -0.15) is 0 Å². The maximum atomic E-state index is 12.6. The summed E-state index contributed by atoms with van der Waals surface area (Å²) in [5.74, 6) is 1.70. The standard InChI is InChI=1S/C17H33N5O.HI/c1-13(2)22-15(23)11-21(12-17(22,3)4)16(18-5)19-9-14-7-8-20(6)10-14;/h13-14H,7-12H2,1-6H3,(H,18,19);1H. The molecule has 1 amide bonds. The summed E-state index contributed by atoms with van der Waals surface area (Å²) in [6.45, 7) is 12.9. The fourth-order valence-electron chi connectivity index (χ4n) is 4.07. The Labute approximate surface area is 164 Å². The van der Waals surface area contributed by atoms with Gasteiger partial charge in [0.1, 0.15) is 0 Å². The van der Waals surface area contributed by atoms with E-state index in [4.69, 9.17) is 0 Å². The third-order valence-electron chi connectivity index (χ3n) is 4.89. The quantitative estimate of drug-likeness (QED) is 0.401. The first-order chi connectivity index (χ1) is 10.7. The Morgan fingerprint density at radius 2 is 2.08 bits per heavy atom. The van der Waals surface area contributed by atoms with Crippen LogP contribution in [0.15, 0.2) is 4.99 Å². The van der Waals surface area contributed by atoms with Gasteiger partial charge in [-0.25, -0.2) is 0 Å². The number of carbonyl (C=O) groups is 1. The molecule has 1 atom stereocenters. The Morgan fingerprint density at radius 1 is 1.42 bits per heavy atom. The van der Waals surface area contributed by atoms with E-state index >= 15 is 0 Å². The SMILES string of the molecule is CN=C(NCC1CCN(C)C1)N1CC(=O)N(C(C)C)C(C)(C)C1.I. The Balaban J connectivity index is 0.00000288. The Hall–Kier alpha value is -0.570. The van der Waals surface area contributed by atoms with Gasteiger partial charge in [-0.1, -0.05) is 0 Å². The fourth-order valence-corrected chi connectivity index (χ4v) is 4.07. The summed E-state index contributed by atoms with van der Waals surface area (Å²) in [6, 6.07) is 0.226. The second-order valence-corrected chi connectivity index (χ2v) is 7.87. The summed E-state index contributed by atoms with van der Waals surface area (Å²) in [6.07, 6.45) is 1.23. The molecule has 2 heterocycles. The molecule has 0 aromatic carbocycles. The lowest BCUT2D eigenvalue weighted by Crippen LogP contribution is -2.66. The Kier molecular flexibility index (Phi) is 7.77. The number of carbonyl (C=O) groups excluding carboxylic acids is 1. The second kappa shape index (κ2) is 8.69. The van der Waals surface area contributed by atoms with E-state index < -0.39 is 0 Å². The molecule has 24 heavy (non-hydrogen) atoms. The van der Waals surface area contributed by atoms with Gasteiger partial charge < -0.3 is 20.0 Å². The average molecular weight is 451 g/mol. The molecule has 0 saturated carbocycles. The van der Waals surface area contributed by atoms with Crippen LogP contribution in [0.4, 0.5) is 0 Å². The largest absolute Gasteiger partial charge is 0.356 e. The monoisotopic (exact) mass is 451 g/mol. The van der Waals surface area contributed by atoms with Crippen molar-refractivity contribution in [2.24, 2.45) is 10.9 Å². The highest BCUT2D eigenvalue weighted by molar-refractivity contribution is 14.0. The molecule has 7 heteroatoms. The minimum Gasteiger partial charge on any atom is -0.356 e. The molecule has 1 N–H and O–H groups in total. The lowest BCUT2D eigenvalue weighted by molar-refractivity contribution is -0.145. The van der Waals surface area contributed by atoms with Crippen LogP contribution >= 0.6 is 24.0 Å². The van der Waals surface area contributed by atoms with Gasteiger partial charge in [0.25, 0.3) is 0 Å². The Morgan fingerprint density at radius 3 is 2.54 bits per heavy atom. The van der Waals surface area contributed by atoms with Crippen molar-refractivity contribution in [3.63, 3.8) is 0 Å². The van der Waals surface area contributed by atoms with Gasteiger partial charge in [-0.15, -0.1) is 24.0 Å². The molecule has 0 spiro atoms. The minimum absolute atomic E-state index is 0. The highest BCUT2D eigenvalue weighted by atomic mass is 127. The number of nitrogens with zero attached hydrogens (tertiary/aromatic N) is 4. The number of aliphatic imine (C=N–C) groups is 1. The van der Waals surface area contributed by atoms with E-state index in [9.17, 15) is 4.79 Å². The zero-order chi connectivity index (χ0) is 17.2. The first-order valence-electron chi connectivity index (χ1n) is 8.71. The normalized spacial score (nSPS) is 25.2. The summed E-state index contributed by atoms with van der Waals surface area (Å²) in [4.78, 5) is 23.5. The van der Waals surface area contributed by atoms with Crippen molar-refractivity contribution in [3.8, 4) is 0 Å². The number of likely N-dealkylation sites (tertiary alicyclic amines) is 1. The molecule has 0 bridgehead atoms. The predicted molar refractivity (Wildman–Crippen MR) is 110 cm³/mol. The molecule has 1 unspecified atom stereocenters. The van der Waals surface area contributed by atoms with Gasteiger partial charge in [0.15, 0.2) is 5.96 Å². The van der Waals surface area contributed by atoms with Crippen molar-refractivity contribution in [1.82, 2.24) is 20.0 Å². The molecule has 2 rings (SSSR count). The second-order valence-electron chi connectivity index (χ2n) is 7.87. The third kappa shape index (κ3) is 4.97. The lowest BCUT2D eigenvalue weighted by Gasteiger charge is -2.49. The molecule has 0 aromatic heterocycles. The summed E-state index contributed by atoms with van der Waals surface area (Å²) in [5, 5.41) is 3.48. The lowest BCUT2D eigenvalue weighted by atomic mass is 9.96. The number of piperazine rings is 1. The molecular weight excluding hydrogens is 417 g/mol. The summed E-state index contributed by atoms with van der Waals surface area (Å²) in [5.41, 5.74) is -0.186. The summed E-state index contributed by atoms with van der Waals surface area (Å²) in [7, 11) is 3.97. The molecule has 0 aliphatic carbocycles. The molecule has 6 nitrogen and oxygen atoms in total. The van der Waals surface area contributed by atoms with E-state index in [0.29, 0.717) is 12.5 Å². The van der Waals surface area contributed by atoms with Crippen LogP contribution in [0.3, 0.4) is 0 Å². The van der Waals surface area contributed by atoms with Crippen LogP contribution in [0, 0.1) is 5.92 Å². The van der Waals surface area contributed by atoms with Gasteiger partial charge in [0, 0.05) is 32.7 Å². The van der Waals surface area contributed by atoms with Crippen molar-refractivity contribution in [2.45, 2.75) is 45.7 Å². The number of halogens is 1. The number of rotatable bonds is 3. The topological polar surface area (TPSA) is 51.2 Å². The van der Waals surface area contributed by atoms with E-state index in [2.05, 4.69) is 54.9 Å². The van der Waals surface area contributed by atoms with Gasteiger partial charge in [0.2, 0.25) is 5.91 Å². The van der Waals surface area contributed by atoms with Crippen molar-refractivity contribution in [2.75, 3.05) is 46.8 Å². The third-order valence-corrected chi connectivity index (χ3v) is 4.89. The molecule has 2 aliphatic rings. The maximum Gasteiger partial charge on any atom is 0.242 e. The van der Waals surface area contributed by atoms with Gasteiger partial charge in [-0.3, -0.25) is 9.79 Å². The minimum atomic E-state index is -0.186. The van der Waals surface area contributed by atoms with Crippen LogP contribution in [0.25, 0.3) is 0 Å². The number of nitrogens with one attached hydrogen (secondary N) is 1. The molecule has 140 valence electrons. The van der Waals surface area contributed by atoms with Crippen LogP contribution < -0.4 is 5.32 Å². The first kappa shape index (κ1) is 21.5. The number of hydrogen-bond donors (Lipinski definition) is 1. The zero-order valence-electron chi connectivity index (χ0n) is 16.0. The van der Waals surface area contributed by atoms with E-state index in [-0.39, 0.29) is 41.5 Å². The smallest absolute Gasteiger partial charge is 0.242 e. The maximum absolute atomic E-state index is 12.6. The molecule has 2 aliphatic heterocycles. The number of amides is 1. The van der Waals surface area contributed by atoms with Crippen molar-refractivity contribution < 1.29 is 4.79 Å². The highest BCUT2D eigenvalue weighted by Gasteiger charge is 2.40. The van der Waals surface area contributed by atoms with Crippen molar-refractivity contribution >= 4 is 35.8 Å². The molecule has 0 aromatic rings. The summed E-state index contributed by atoms with van der Waals surface area (Å²) < 4.78 is 0. The van der Waals surface area contributed by atoms with Gasteiger partial charge >= 0.3 is 0 Å². The van der Waals surface area contributed by atoms with Crippen LogP contribution in [0.1, 0.15) is 34.1 Å². The van der Waals surface area contributed by atoms with Crippen LogP contribution in [-0.2, 0) is 4.79 Å². The van der Waals surface area contributed by atoms with Crippen LogP contribution in [0.2, 0.25) is 0 Å². The van der Waals surface area contributed by atoms with E-state index in [1.54, 1.807) is 7.05 Å². The molecular formula is C17H34IN5O. The molecule has 2 fully saturated rings. The highest BCUT2D eigenvalue weighted by Crippen LogP contribution is 2.24. The number of guanidine groups is 1. The Bertz CT molecular complexity index is 466. The fraction of sp³-hybridized carbons (Fsp3) is 0.882. The van der Waals surface area contributed by atoms with Gasteiger partial charge in [0.05, 0.1) is 12.1 Å². The summed E-state index contributed by atoms with van der Waals surface area (Å²) >= 11 is 0. The van der Waals surface area contributed by atoms with Crippen molar-refractivity contribution in [1.29, 1.82) is 0 Å². The molecule has 2 saturated heterocycles.